The summed E-state index contributed by atoms with van der Waals surface area (Å²) in [5.41, 5.74) is -2.62. The Balaban J connectivity index is 2.38. The van der Waals surface area contributed by atoms with Gasteiger partial charge < -0.3 is 24.8 Å². The van der Waals surface area contributed by atoms with E-state index in [9.17, 15) is 37.1 Å². The first-order valence-electron chi connectivity index (χ1n) is 14.2. The Labute approximate surface area is 240 Å². The van der Waals surface area contributed by atoms with Gasteiger partial charge in [0.25, 0.3) is 0 Å². The van der Waals surface area contributed by atoms with Crippen LogP contribution in [0, 0.1) is 5.92 Å². The molecule has 2 rings (SSSR count). The number of ether oxygens (including phenoxy) is 1. The van der Waals surface area contributed by atoms with E-state index in [4.69, 9.17) is 4.74 Å². The molecule has 1 heterocycles. The average molecular weight is 591 g/mol. The van der Waals surface area contributed by atoms with Gasteiger partial charge in [-0.25, -0.2) is 0 Å². The maximum Gasteiger partial charge on any atom is 0.471 e. The molecule has 0 radical (unpaired) electrons. The van der Waals surface area contributed by atoms with E-state index in [1.54, 1.807) is 39.5 Å². The number of hydrogen-bond acceptors (Lipinski definition) is 6. The minimum Gasteiger partial charge on any atom is -0.460 e. The predicted octanol–water partition coefficient (Wildman–Crippen LogP) is 3.03. The van der Waals surface area contributed by atoms with Crippen molar-refractivity contribution in [2.75, 3.05) is 27.2 Å². The third-order valence-electron chi connectivity index (χ3n) is 7.65. The first kappa shape index (κ1) is 34.3. The van der Waals surface area contributed by atoms with Crippen LogP contribution in [0.2, 0.25) is 0 Å². The Morgan fingerprint density at radius 2 is 1.44 bits per heavy atom. The van der Waals surface area contributed by atoms with Gasteiger partial charge in [0.15, 0.2) is 0 Å². The molecule has 234 valence electrons. The number of likely N-dealkylation sites (tertiary alicyclic amines) is 1. The number of rotatable bonds is 9. The lowest BCUT2D eigenvalue weighted by Gasteiger charge is -2.41. The summed E-state index contributed by atoms with van der Waals surface area (Å²) in [5.74, 6) is -5.26. The third-order valence-corrected chi connectivity index (χ3v) is 7.65. The first-order chi connectivity index (χ1) is 18.8. The topological polar surface area (TPSA) is 116 Å². The Morgan fingerprint density at radius 3 is 1.90 bits per heavy atom. The molecule has 0 aromatic carbocycles. The highest BCUT2D eigenvalue weighted by Gasteiger charge is 2.51. The summed E-state index contributed by atoms with van der Waals surface area (Å²) in [6.45, 7) is 9.38. The number of carbonyl (C=O) groups excluding carboxylic acids is 5. The number of piperidine rings is 1. The molecule has 2 atom stereocenters. The number of carbonyl (C=O) groups is 5. The summed E-state index contributed by atoms with van der Waals surface area (Å²) in [6.07, 6.45) is -2.16. The Morgan fingerprint density at radius 1 is 0.902 bits per heavy atom. The van der Waals surface area contributed by atoms with E-state index in [2.05, 4.69) is 0 Å². The largest absolute Gasteiger partial charge is 0.471 e. The van der Waals surface area contributed by atoms with E-state index in [1.807, 2.05) is 5.32 Å². The van der Waals surface area contributed by atoms with Crippen LogP contribution in [0.5, 0.6) is 0 Å². The van der Waals surface area contributed by atoms with Crippen LogP contribution in [0.4, 0.5) is 13.2 Å². The smallest absolute Gasteiger partial charge is 0.460 e. The van der Waals surface area contributed by atoms with Crippen LogP contribution in [-0.2, 0) is 28.7 Å². The summed E-state index contributed by atoms with van der Waals surface area (Å²) in [6, 6.07) is -2.38. The highest BCUT2D eigenvalue weighted by Crippen LogP contribution is 2.34. The molecule has 0 bridgehead atoms. The van der Waals surface area contributed by atoms with Gasteiger partial charge in [0.1, 0.15) is 23.2 Å². The maximum absolute atomic E-state index is 14.0. The van der Waals surface area contributed by atoms with Crippen molar-refractivity contribution < 1.29 is 41.9 Å². The molecule has 1 saturated heterocycles. The zero-order valence-electron chi connectivity index (χ0n) is 25.2. The van der Waals surface area contributed by atoms with Gasteiger partial charge in [-0.05, 0) is 58.8 Å². The van der Waals surface area contributed by atoms with Crippen molar-refractivity contribution in [1.29, 1.82) is 0 Å². The number of nitrogens with zero attached hydrogens (tertiary/aromatic N) is 3. The molecule has 1 saturated carbocycles. The molecule has 41 heavy (non-hydrogen) atoms. The lowest BCUT2D eigenvalue weighted by Crippen LogP contribution is -2.64. The molecule has 10 nitrogen and oxygen atoms in total. The number of amides is 4. The van der Waals surface area contributed by atoms with Crippen molar-refractivity contribution in [3.05, 3.63) is 0 Å². The zero-order valence-corrected chi connectivity index (χ0v) is 25.2. The second-order valence-electron chi connectivity index (χ2n) is 12.5. The molecule has 0 aromatic rings. The summed E-state index contributed by atoms with van der Waals surface area (Å²) in [4.78, 5) is 69.8. The number of halogens is 3. The second-order valence-corrected chi connectivity index (χ2v) is 12.5. The summed E-state index contributed by atoms with van der Waals surface area (Å²) in [5, 5.41) is 1.90. The van der Waals surface area contributed by atoms with E-state index in [-0.39, 0.29) is 12.8 Å². The van der Waals surface area contributed by atoms with Crippen molar-refractivity contribution in [2.24, 2.45) is 5.92 Å². The van der Waals surface area contributed by atoms with Gasteiger partial charge in [-0.3, -0.25) is 24.0 Å². The van der Waals surface area contributed by atoms with Crippen LogP contribution in [0.15, 0.2) is 0 Å². The van der Waals surface area contributed by atoms with Crippen molar-refractivity contribution in [3.8, 4) is 0 Å². The SMILES string of the molecule is CC(C)[C@@H](C(=O)N(C)[C@@H](CC(=O)OC(C)(C)C)C(=O)N1CCCCC1)N(C)C(=O)C1(NC(=O)C(F)(F)F)CCCC1. The lowest BCUT2D eigenvalue weighted by molar-refractivity contribution is -0.177. The molecule has 0 aromatic heterocycles. The highest BCUT2D eigenvalue weighted by molar-refractivity contribution is 5.97. The van der Waals surface area contributed by atoms with Gasteiger partial charge in [0.05, 0.1) is 6.42 Å². The zero-order chi connectivity index (χ0) is 31.3. The minimum atomic E-state index is -5.17. The Bertz CT molecular complexity index is 982. The standard InChI is InChI=1S/C28H45F3N4O6/c1-18(2)21(34(7)25(40)27(13-9-10-14-27)32-24(39)28(29,30)31)23(38)33(6)19(17-20(36)41-26(3,4)5)22(37)35-15-11-8-12-16-35/h18-19,21H,8-17H2,1-7H3,(H,32,39)/t19-,21-/m0/s1. The molecular formula is C28H45F3N4O6. The van der Waals surface area contributed by atoms with E-state index < -0.39 is 71.3 Å². The van der Waals surface area contributed by atoms with Crippen LogP contribution >= 0.6 is 0 Å². The fraction of sp³-hybridized carbons (Fsp3) is 0.821. The van der Waals surface area contributed by atoms with Gasteiger partial charge in [0.2, 0.25) is 17.7 Å². The molecule has 1 aliphatic carbocycles. The van der Waals surface area contributed by atoms with Gasteiger partial charge in [0, 0.05) is 27.2 Å². The molecule has 1 aliphatic heterocycles. The fourth-order valence-corrected chi connectivity index (χ4v) is 5.64. The van der Waals surface area contributed by atoms with Gasteiger partial charge in [-0.15, -0.1) is 0 Å². The normalized spacial score (nSPS) is 18.9. The molecule has 4 amide bonds. The number of likely N-dealkylation sites (N-methyl/N-ethyl adjacent to an activating group) is 2. The van der Waals surface area contributed by atoms with Gasteiger partial charge in [-0.1, -0.05) is 26.7 Å². The van der Waals surface area contributed by atoms with E-state index >= 15 is 0 Å². The predicted molar refractivity (Wildman–Crippen MR) is 144 cm³/mol. The quantitative estimate of drug-likeness (QED) is 0.413. The number of alkyl halides is 3. The van der Waals surface area contributed by atoms with E-state index in [0.29, 0.717) is 25.9 Å². The van der Waals surface area contributed by atoms with Crippen LogP contribution in [0.3, 0.4) is 0 Å². The average Bonchev–Trinajstić information content (AvgIpc) is 3.34. The summed E-state index contributed by atoms with van der Waals surface area (Å²) >= 11 is 0. The summed E-state index contributed by atoms with van der Waals surface area (Å²) in [7, 11) is 2.69. The molecule has 13 heteroatoms. The number of esters is 1. The van der Waals surface area contributed by atoms with E-state index in [0.717, 1.165) is 29.1 Å². The minimum absolute atomic E-state index is 0.00154. The summed E-state index contributed by atoms with van der Waals surface area (Å²) < 4.78 is 44.8. The molecule has 1 N–H and O–H groups in total. The molecule has 0 unspecified atom stereocenters. The lowest BCUT2D eigenvalue weighted by atomic mass is 9.92. The number of hydrogen-bond donors (Lipinski definition) is 1. The van der Waals surface area contributed by atoms with Crippen LogP contribution in [0.25, 0.3) is 0 Å². The first-order valence-corrected chi connectivity index (χ1v) is 14.2. The van der Waals surface area contributed by atoms with Crippen molar-refractivity contribution in [1.82, 2.24) is 20.0 Å². The van der Waals surface area contributed by atoms with Crippen LogP contribution in [-0.4, -0.2) is 101 Å². The monoisotopic (exact) mass is 590 g/mol. The van der Waals surface area contributed by atoms with Crippen molar-refractivity contribution in [2.45, 2.75) is 115 Å². The van der Waals surface area contributed by atoms with Crippen molar-refractivity contribution >= 4 is 29.6 Å². The highest BCUT2D eigenvalue weighted by atomic mass is 19.4. The second kappa shape index (κ2) is 13.4. The fourth-order valence-electron chi connectivity index (χ4n) is 5.64. The molecule has 2 aliphatic rings. The molecule has 0 spiro atoms. The number of nitrogens with one attached hydrogen (secondary N) is 1. The van der Waals surface area contributed by atoms with Crippen LogP contribution in [0.1, 0.15) is 86.0 Å². The van der Waals surface area contributed by atoms with Crippen molar-refractivity contribution in [3.63, 3.8) is 0 Å². The molecule has 2 fully saturated rings. The Hall–Kier alpha value is -2.86. The van der Waals surface area contributed by atoms with E-state index in [1.165, 1.54) is 14.1 Å². The molecular weight excluding hydrogens is 545 g/mol. The van der Waals surface area contributed by atoms with Gasteiger partial charge in [-0.2, -0.15) is 13.2 Å². The maximum atomic E-state index is 14.0. The van der Waals surface area contributed by atoms with Crippen LogP contribution < -0.4 is 5.32 Å². The van der Waals surface area contributed by atoms with Gasteiger partial charge >= 0.3 is 18.1 Å². The Kier molecular flexibility index (Phi) is 11.2. The third kappa shape index (κ3) is 8.81.